The van der Waals surface area contributed by atoms with Crippen molar-refractivity contribution in [1.82, 2.24) is 9.97 Å². The van der Waals surface area contributed by atoms with E-state index in [1.165, 1.54) is 6.07 Å². The molecule has 0 saturated heterocycles. The number of aromatic nitrogens is 2. The van der Waals surface area contributed by atoms with Crippen LogP contribution in [0.3, 0.4) is 0 Å². The van der Waals surface area contributed by atoms with Crippen molar-refractivity contribution in [2.24, 2.45) is 0 Å². The molecule has 1 N–H and O–H groups in total. The molecule has 1 aromatic heterocycles. The van der Waals surface area contributed by atoms with E-state index in [0.717, 1.165) is 17.5 Å². The SMILES string of the molecule is Fc1cc(Cl)cc2c1CC(Nc1nc[c]cn1)C2. The number of fused-ring (bicyclic) bond motifs is 1. The van der Waals surface area contributed by atoms with Gasteiger partial charge in [-0.3, -0.25) is 0 Å². The van der Waals surface area contributed by atoms with Crippen LogP contribution >= 0.6 is 11.6 Å². The second kappa shape index (κ2) is 4.53. The number of anilines is 1. The first kappa shape index (κ1) is 11.4. The molecule has 1 heterocycles. The summed E-state index contributed by atoms with van der Waals surface area (Å²) in [6, 6.07) is 6.04. The lowest BCUT2D eigenvalue weighted by atomic mass is 10.1. The van der Waals surface area contributed by atoms with Gasteiger partial charge in [-0.05, 0) is 36.1 Å². The van der Waals surface area contributed by atoms with Gasteiger partial charge in [-0.1, -0.05) is 11.6 Å². The van der Waals surface area contributed by atoms with Crippen LogP contribution in [0, 0.1) is 11.9 Å². The zero-order chi connectivity index (χ0) is 12.5. The molecule has 5 heteroatoms. The second-order valence-electron chi connectivity index (χ2n) is 4.28. The Morgan fingerprint density at radius 2 is 2.06 bits per heavy atom. The maximum absolute atomic E-state index is 13.7. The summed E-state index contributed by atoms with van der Waals surface area (Å²) in [6.07, 6.45) is 4.46. The average Bonchev–Trinajstić information content (AvgIpc) is 2.73. The van der Waals surface area contributed by atoms with E-state index in [2.05, 4.69) is 21.4 Å². The van der Waals surface area contributed by atoms with E-state index in [1.54, 1.807) is 12.4 Å². The van der Waals surface area contributed by atoms with Crippen LogP contribution in [0.4, 0.5) is 10.3 Å². The average molecular weight is 263 g/mol. The molecule has 0 saturated carbocycles. The minimum Gasteiger partial charge on any atom is -0.351 e. The summed E-state index contributed by atoms with van der Waals surface area (Å²) in [5.74, 6) is 0.308. The number of benzene rings is 1. The highest BCUT2D eigenvalue weighted by atomic mass is 35.5. The summed E-state index contributed by atoms with van der Waals surface area (Å²) in [5.41, 5.74) is 1.69. The predicted octanol–water partition coefficient (Wildman–Crippen LogP) is 2.65. The first-order valence-corrected chi connectivity index (χ1v) is 6.01. The van der Waals surface area contributed by atoms with Crippen LogP contribution in [0.2, 0.25) is 5.02 Å². The van der Waals surface area contributed by atoms with E-state index >= 15 is 0 Å². The van der Waals surface area contributed by atoms with E-state index in [9.17, 15) is 4.39 Å². The number of nitrogens with one attached hydrogen (secondary N) is 1. The molecule has 1 aromatic carbocycles. The first-order chi connectivity index (χ1) is 8.72. The van der Waals surface area contributed by atoms with Crippen molar-refractivity contribution in [1.29, 1.82) is 0 Å². The third kappa shape index (κ3) is 2.16. The van der Waals surface area contributed by atoms with Crippen molar-refractivity contribution in [3.63, 3.8) is 0 Å². The highest BCUT2D eigenvalue weighted by Gasteiger charge is 2.25. The molecule has 3 rings (SSSR count). The largest absolute Gasteiger partial charge is 0.351 e. The summed E-state index contributed by atoms with van der Waals surface area (Å²) in [5, 5.41) is 3.62. The van der Waals surface area contributed by atoms with E-state index < -0.39 is 0 Å². The molecule has 0 aliphatic heterocycles. The van der Waals surface area contributed by atoms with E-state index in [-0.39, 0.29) is 11.9 Å². The smallest absolute Gasteiger partial charge is 0.222 e. The number of rotatable bonds is 2. The van der Waals surface area contributed by atoms with Gasteiger partial charge in [-0.15, -0.1) is 0 Å². The number of halogens is 2. The standard InChI is InChI=1S/C13H10ClFN3/c14-9-4-8-5-10(7-11(8)12(15)6-9)18-13-16-2-1-3-17-13/h2-4,6,10H,5,7H2,(H,16,17,18). The molecule has 1 unspecified atom stereocenters. The third-order valence-corrected chi connectivity index (χ3v) is 3.24. The monoisotopic (exact) mass is 262 g/mol. The van der Waals surface area contributed by atoms with E-state index in [0.29, 0.717) is 17.4 Å². The molecule has 0 fully saturated rings. The van der Waals surface area contributed by atoms with Crippen molar-refractivity contribution in [2.45, 2.75) is 18.9 Å². The second-order valence-corrected chi connectivity index (χ2v) is 4.72. The lowest BCUT2D eigenvalue weighted by Gasteiger charge is -2.10. The molecule has 2 aromatic rings. The zero-order valence-electron chi connectivity index (χ0n) is 9.45. The maximum atomic E-state index is 13.7. The Morgan fingerprint density at radius 3 is 2.83 bits per heavy atom. The topological polar surface area (TPSA) is 37.8 Å². The van der Waals surface area contributed by atoms with Crippen molar-refractivity contribution >= 4 is 17.5 Å². The molecule has 1 aliphatic carbocycles. The van der Waals surface area contributed by atoms with Crippen molar-refractivity contribution < 1.29 is 4.39 Å². The fourth-order valence-corrected chi connectivity index (χ4v) is 2.50. The van der Waals surface area contributed by atoms with Gasteiger partial charge in [-0.25, -0.2) is 14.4 Å². The van der Waals surface area contributed by atoms with Crippen LogP contribution in [-0.2, 0) is 12.8 Å². The summed E-state index contributed by atoms with van der Waals surface area (Å²) in [6.45, 7) is 0. The molecular weight excluding hydrogens is 253 g/mol. The number of hydrogen-bond acceptors (Lipinski definition) is 3. The predicted molar refractivity (Wildman–Crippen MR) is 67.1 cm³/mol. The van der Waals surface area contributed by atoms with Crippen molar-refractivity contribution in [2.75, 3.05) is 5.32 Å². The van der Waals surface area contributed by atoms with Gasteiger partial charge in [0.1, 0.15) is 5.82 Å². The molecule has 18 heavy (non-hydrogen) atoms. The lowest BCUT2D eigenvalue weighted by Crippen LogP contribution is -2.20. The minimum absolute atomic E-state index is 0.107. The van der Waals surface area contributed by atoms with Gasteiger partial charge in [0.15, 0.2) is 0 Å². The molecular formula is C13H10ClFN3. The van der Waals surface area contributed by atoms with E-state index in [1.807, 2.05) is 6.07 Å². The highest BCUT2D eigenvalue weighted by Crippen LogP contribution is 2.29. The number of hydrogen-bond donors (Lipinski definition) is 1. The van der Waals surface area contributed by atoms with Gasteiger partial charge in [0.25, 0.3) is 0 Å². The molecule has 91 valence electrons. The van der Waals surface area contributed by atoms with Gasteiger partial charge in [-0.2, -0.15) is 0 Å². The van der Waals surface area contributed by atoms with Crippen molar-refractivity contribution in [3.05, 3.63) is 52.6 Å². The Bertz CT molecular complexity index is 574. The van der Waals surface area contributed by atoms with Crippen molar-refractivity contribution in [3.8, 4) is 0 Å². The zero-order valence-corrected chi connectivity index (χ0v) is 10.2. The Hall–Kier alpha value is -1.68. The van der Waals surface area contributed by atoms with Crippen LogP contribution in [0.15, 0.2) is 24.5 Å². The minimum atomic E-state index is -0.232. The fraction of sp³-hybridized carbons (Fsp3) is 0.231. The van der Waals surface area contributed by atoms with Crippen LogP contribution in [0.5, 0.6) is 0 Å². The van der Waals surface area contributed by atoms with Gasteiger partial charge < -0.3 is 5.32 Å². The molecule has 1 radical (unpaired) electrons. The van der Waals surface area contributed by atoms with Gasteiger partial charge in [0, 0.05) is 29.5 Å². The van der Waals surface area contributed by atoms with Crippen LogP contribution in [0.1, 0.15) is 11.1 Å². The molecule has 3 nitrogen and oxygen atoms in total. The number of nitrogens with zero attached hydrogens (tertiary/aromatic N) is 2. The van der Waals surface area contributed by atoms with Gasteiger partial charge >= 0.3 is 0 Å². The van der Waals surface area contributed by atoms with E-state index in [4.69, 9.17) is 11.6 Å². The quantitative estimate of drug-likeness (QED) is 0.904. The van der Waals surface area contributed by atoms with Crippen LogP contribution < -0.4 is 5.32 Å². The van der Waals surface area contributed by atoms with Gasteiger partial charge in [0.2, 0.25) is 5.95 Å². The van der Waals surface area contributed by atoms with Crippen LogP contribution in [0.25, 0.3) is 0 Å². The molecule has 1 aliphatic rings. The third-order valence-electron chi connectivity index (χ3n) is 3.03. The lowest BCUT2D eigenvalue weighted by molar-refractivity contribution is 0.609. The molecule has 0 amide bonds. The maximum Gasteiger partial charge on any atom is 0.222 e. The summed E-state index contributed by atoms with van der Waals surface area (Å²) >= 11 is 5.85. The fourth-order valence-electron chi connectivity index (χ4n) is 2.27. The Labute approximate surface area is 109 Å². The Balaban J connectivity index is 1.79. The summed E-state index contributed by atoms with van der Waals surface area (Å²) in [7, 11) is 0. The van der Waals surface area contributed by atoms with Gasteiger partial charge in [0.05, 0.1) is 0 Å². The Morgan fingerprint density at radius 1 is 1.28 bits per heavy atom. The molecule has 1 atom stereocenters. The summed E-state index contributed by atoms with van der Waals surface area (Å²) < 4.78 is 13.7. The highest BCUT2D eigenvalue weighted by molar-refractivity contribution is 6.30. The summed E-state index contributed by atoms with van der Waals surface area (Å²) in [4.78, 5) is 8.09. The van der Waals surface area contributed by atoms with Crippen LogP contribution in [-0.4, -0.2) is 16.0 Å². The Kier molecular flexibility index (Phi) is 2.88. The molecule has 0 bridgehead atoms. The first-order valence-electron chi connectivity index (χ1n) is 5.64. The normalized spacial score (nSPS) is 17.6. The molecule has 0 spiro atoms.